The van der Waals surface area contributed by atoms with E-state index in [0.29, 0.717) is 6.54 Å². The van der Waals surface area contributed by atoms with Gasteiger partial charge >= 0.3 is 0 Å². The molecule has 0 aliphatic carbocycles. The van der Waals surface area contributed by atoms with Crippen LogP contribution in [-0.2, 0) is 16.1 Å². The lowest BCUT2D eigenvalue weighted by molar-refractivity contribution is -0.148. The van der Waals surface area contributed by atoms with Crippen LogP contribution in [0.3, 0.4) is 0 Å². The van der Waals surface area contributed by atoms with Gasteiger partial charge in [0.15, 0.2) is 0 Å². The topological polar surface area (TPSA) is 62.3 Å². The molecule has 0 saturated carbocycles. The van der Waals surface area contributed by atoms with Crippen molar-refractivity contribution >= 4 is 23.2 Å². The van der Waals surface area contributed by atoms with Crippen molar-refractivity contribution in [1.29, 1.82) is 0 Å². The van der Waals surface area contributed by atoms with E-state index in [0.717, 1.165) is 4.88 Å². The molecule has 1 aromatic rings. The molecular weight excluding hydrogens is 226 g/mol. The van der Waals surface area contributed by atoms with Gasteiger partial charge in [0.1, 0.15) is 12.1 Å². The Morgan fingerprint density at radius 1 is 1.50 bits per heavy atom. The van der Waals surface area contributed by atoms with Crippen LogP contribution in [0.5, 0.6) is 0 Å². The smallest absolute Gasteiger partial charge is 0.245 e. The van der Waals surface area contributed by atoms with E-state index < -0.39 is 12.1 Å². The van der Waals surface area contributed by atoms with E-state index in [4.69, 9.17) is 0 Å². The molecule has 2 rings (SSSR count). The van der Waals surface area contributed by atoms with Gasteiger partial charge in [-0.15, -0.1) is 11.3 Å². The summed E-state index contributed by atoms with van der Waals surface area (Å²) in [5, 5.41) is 2.65. The van der Waals surface area contributed by atoms with Gasteiger partial charge in [-0.2, -0.15) is 0 Å². The fraction of sp³-hybridized carbons (Fsp3) is 0.500. The van der Waals surface area contributed by atoms with E-state index in [1.54, 1.807) is 30.5 Å². The Morgan fingerprint density at radius 3 is 2.88 bits per heavy atom. The van der Waals surface area contributed by atoms with Crippen LogP contribution in [0.2, 0.25) is 0 Å². The van der Waals surface area contributed by atoms with Gasteiger partial charge < -0.3 is 10.2 Å². The molecule has 2 heterocycles. The van der Waals surface area contributed by atoms with Crippen molar-refractivity contribution < 1.29 is 9.59 Å². The molecule has 1 N–H and O–H groups in total. The quantitative estimate of drug-likeness (QED) is 0.811. The molecule has 86 valence electrons. The van der Waals surface area contributed by atoms with E-state index in [-0.39, 0.29) is 11.8 Å². The Hall–Kier alpha value is -1.43. The second kappa shape index (κ2) is 4.21. The van der Waals surface area contributed by atoms with Gasteiger partial charge in [-0.1, -0.05) is 0 Å². The first-order valence-corrected chi connectivity index (χ1v) is 5.96. The second-order valence-electron chi connectivity index (χ2n) is 3.84. The van der Waals surface area contributed by atoms with Crippen LogP contribution >= 0.6 is 11.3 Å². The van der Waals surface area contributed by atoms with Crippen molar-refractivity contribution in [2.24, 2.45) is 0 Å². The van der Waals surface area contributed by atoms with Crippen LogP contribution in [0.25, 0.3) is 0 Å². The standard InChI is InChI=1S/C10H13N3O2S/c1-6-10(15)13(7(2)9(14)12-6)4-8-3-11-5-16-8/h3,5-7H,4H2,1-2H3,(H,12,14). The minimum absolute atomic E-state index is 0.0412. The normalized spacial score (nSPS) is 25.8. The molecule has 1 fully saturated rings. The predicted octanol–water partition coefficient (Wildman–Crippen LogP) is 0.378. The number of rotatable bonds is 2. The lowest BCUT2D eigenvalue weighted by atomic mass is 10.1. The van der Waals surface area contributed by atoms with Crippen molar-refractivity contribution in [2.75, 3.05) is 0 Å². The molecule has 0 bridgehead atoms. The molecule has 6 heteroatoms. The lowest BCUT2D eigenvalue weighted by Gasteiger charge is -2.35. The number of carbonyl (C=O) groups is 2. The number of amides is 2. The number of nitrogens with one attached hydrogen (secondary N) is 1. The molecule has 16 heavy (non-hydrogen) atoms. The van der Waals surface area contributed by atoms with E-state index >= 15 is 0 Å². The van der Waals surface area contributed by atoms with E-state index in [1.165, 1.54) is 11.3 Å². The molecule has 2 atom stereocenters. The SMILES string of the molecule is CC1NC(=O)C(C)N(Cc2cncs2)C1=O. The van der Waals surface area contributed by atoms with Crippen molar-refractivity contribution in [3.05, 3.63) is 16.6 Å². The van der Waals surface area contributed by atoms with Gasteiger partial charge in [0, 0.05) is 11.1 Å². The number of hydrogen-bond acceptors (Lipinski definition) is 4. The summed E-state index contributed by atoms with van der Waals surface area (Å²) in [6.07, 6.45) is 1.72. The summed E-state index contributed by atoms with van der Waals surface area (Å²) in [5.74, 6) is -0.142. The third kappa shape index (κ3) is 1.92. The number of piperazine rings is 1. The molecule has 1 aromatic heterocycles. The summed E-state index contributed by atoms with van der Waals surface area (Å²) in [4.78, 5) is 30.0. The number of hydrogen-bond donors (Lipinski definition) is 1. The van der Waals surface area contributed by atoms with Crippen molar-refractivity contribution in [3.63, 3.8) is 0 Å². The van der Waals surface area contributed by atoms with Crippen LogP contribution in [0.1, 0.15) is 18.7 Å². The highest BCUT2D eigenvalue weighted by atomic mass is 32.1. The molecule has 5 nitrogen and oxygen atoms in total. The fourth-order valence-corrected chi connectivity index (χ4v) is 2.27. The molecule has 2 amide bonds. The molecular formula is C10H13N3O2S. The second-order valence-corrected chi connectivity index (χ2v) is 4.81. The molecule has 2 unspecified atom stereocenters. The minimum atomic E-state index is -0.434. The van der Waals surface area contributed by atoms with E-state index in [2.05, 4.69) is 10.3 Å². The monoisotopic (exact) mass is 239 g/mol. The first kappa shape index (κ1) is 11.1. The average molecular weight is 239 g/mol. The van der Waals surface area contributed by atoms with Crippen molar-refractivity contribution in [3.8, 4) is 0 Å². The van der Waals surface area contributed by atoms with Gasteiger partial charge in [-0.3, -0.25) is 14.6 Å². The van der Waals surface area contributed by atoms with Crippen molar-refractivity contribution in [2.45, 2.75) is 32.5 Å². The van der Waals surface area contributed by atoms with Crippen LogP contribution < -0.4 is 5.32 Å². The third-order valence-corrected chi connectivity index (χ3v) is 3.43. The summed E-state index contributed by atoms with van der Waals surface area (Å²) in [6.45, 7) is 3.90. The molecule has 0 radical (unpaired) electrons. The van der Waals surface area contributed by atoms with Gasteiger partial charge in [-0.25, -0.2) is 0 Å². The Bertz CT molecular complexity index is 404. The maximum absolute atomic E-state index is 11.9. The highest BCUT2D eigenvalue weighted by molar-refractivity contribution is 7.09. The Balaban J connectivity index is 2.17. The first-order chi connectivity index (χ1) is 7.59. The number of thiazole rings is 1. The predicted molar refractivity (Wildman–Crippen MR) is 59.7 cm³/mol. The van der Waals surface area contributed by atoms with Crippen LogP contribution in [0, 0.1) is 0 Å². The lowest BCUT2D eigenvalue weighted by Crippen LogP contribution is -2.60. The Kier molecular flexibility index (Phi) is 2.91. The van der Waals surface area contributed by atoms with E-state index in [9.17, 15) is 9.59 Å². The third-order valence-electron chi connectivity index (χ3n) is 2.67. The van der Waals surface area contributed by atoms with Gasteiger partial charge in [0.25, 0.3) is 0 Å². The summed E-state index contributed by atoms with van der Waals surface area (Å²) < 4.78 is 0. The van der Waals surface area contributed by atoms with Crippen LogP contribution in [0.4, 0.5) is 0 Å². The summed E-state index contributed by atoms with van der Waals surface area (Å²) in [5.41, 5.74) is 1.72. The van der Waals surface area contributed by atoms with Gasteiger partial charge in [0.2, 0.25) is 11.8 Å². The number of nitrogens with zero attached hydrogens (tertiary/aromatic N) is 2. The summed E-state index contributed by atoms with van der Waals surface area (Å²) in [6, 6.07) is -0.845. The summed E-state index contributed by atoms with van der Waals surface area (Å²) >= 11 is 1.49. The maximum Gasteiger partial charge on any atom is 0.245 e. The molecule has 1 aliphatic rings. The average Bonchev–Trinajstić information content (AvgIpc) is 2.74. The van der Waals surface area contributed by atoms with Gasteiger partial charge in [-0.05, 0) is 13.8 Å². The number of aromatic nitrogens is 1. The van der Waals surface area contributed by atoms with Crippen LogP contribution in [0.15, 0.2) is 11.7 Å². The van der Waals surface area contributed by atoms with Gasteiger partial charge in [0.05, 0.1) is 12.1 Å². The molecule has 0 spiro atoms. The zero-order valence-electron chi connectivity index (χ0n) is 9.14. The fourth-order valence-electron chi connectivity index (χ4n) is 1.68. The highest BCUT2D eigenvalue weighted by Gasteiger charge is 2.35. The number of carbonyl (C=O) groups excluding carboxylic acids is 2. The Labute approximate surface area is 97.5 Å². The minimum Gasteiger partial charge on any atom is -0.343 e. The summed E-state index contributed by atoms with van der Waals surface area (Å²) in [7, 11) is 0. The van der Waals surface area contributed by atoms with Crippen molar-refractivity contribution in [1.82, 2.24) is 15.2 Å². The maximum atomic E-state index is 11.9. The largest absolute Gasteiger partial charge is 0.343 e. The Morgan fingerprint density at radius 2 is 2.25 bits per heavy atom. The first-order valence-electron chi connectivity index (χ1n) is 5.08. The zero-order chi connectivity index (χ0) is 11.7. The molecule has 0 aromatic carbocycles. The van der Waals surface area contributed by atoms with E-state index in [1.807, 2.05) is 0 Å². The highest BCUT2D eigenvalue weighted by Crippen LogP contribution is 2.16. The zero-order valence-corrected chi connectivity index (χ0v) is 9.95. The molecule has 1 aliphatic heterocycles. The molecule has 1 saturated heterocycles. The van der Waals surface area contributed by atoms with Crippen LogP contribution in [-0.4, -0.2) is 33.8 Å².